The van der Waals surface area contributed by atoms with Gasteiger partial charge in [0.25, 0.3) is 0 Å². The Morgan fingerprint density at radius 2 is 2.00 bits per heavy atom. The fourth-order valence-corrected chi connectivity index (χ4v) is 2.41. The molecular formula is C13H26N2O2. The molecule has 0 bridgehead atoms. The Labute approximate surface area is 105 Å². The van der Waals surface area contributed by atoms with Crippen molar-refractivity contribution in [1.29, 1.82) is 0 Å². The van der Waals surface area contributed by atoms with Gasteiger partial charge < -0.3 is 15.0 Å². The largest absolute Gasteiger partial charge is 0.377 e. The first kappa shape index (κ1) is 14.5. The molecule has 0 aromatic rings. The summed E-state index contributed by atoms with van der Waals surface area (Å²) in [6, 6.07) is 0.513. The third-order valence-electron chi connectivity index (χ3n) is 3.07. The summed E-state index contributed by atoms with van der Waals surface area (Å²) in [4.78, 5) is 13.9. The Hall–Kier alpha value is -0.610. The van der Waals surface area contributed by atoms with Crippen LogP contribution in [-0.2, 0) is 9.53 Å². The van der Waals surface area contributed by atoms with Crippen LogP contribution in [0.15, 0.2) is 0 Å². The van der Waals surface area contributed by atoms with Crippen molar-refractivity contribution in [3.63, 3.8) is 0 Å². The molecule has 1 saturated heterocycles. The van der Waals surface area contributed by atoms with E-state index in [1.165, 1.54) is 0 Å². The Kier molecular flexibility index (Phi) is 5.92. The summed E-state index contributed by atoms with van der Waals surface area (Å²) >= 11 is 0. The second kappa shape index (κ2) is 6.97. The Morgan fingerprint density at radius 3 is 2.47 bits per heavy atom. The van der Waals surface area contributed by atoms with Crippen molar-refractivity contribution >= 4 is 5.91 Å². The van der Waals surface area contributed by atoms with Gasteiger partial charge in [-0.05, 0) is 40.5 Å². The molecule has 1 aliphatic heterocycles. The molecule has 0 unspecified atom stereocenters. The predicted molar refractivity (Wildman–Crippen MR) is 69.0 cm³/mol. The Balaban J connectivity index is 2.26. The quantitative estimate of drug-likeness (QED) is 0.765. The summed E-state index contributed by atoms with van der Waals surface area (Å²) in [5.74, 6) is 0.174. The molecule has 4 heteroatoms. The van der Waals surface area contributed by atoms with E-state index in [1.807, 2.05) is 4.90 Å². The second-order valence-electron chi connectivity index (χ2n) is 5.25. The monoisotopic (exact) mass is 242 g/mol. The standard InChI is InChI=1S/C13H26N2O2/c1-10(2)15(11(3)4)13(16)9-14-8-12-6-5-7-17-12/h10-12,14H,5-9H2,1-4H3/t12-/m1/s1. The molecule has 0 aromatic carbocycles. The molecule has 1 rings (SSSR count). The topological polar surface area (TPSA) is 41.6 Å². The van der Waals surface area contributed by atoms with Crippen molar-refractivity contribution in [2.45, 2.75) is 58.7 Å². The number of rotatable bonds is 6. The van der Waals surface area contributed by atoms with Gasteiger partial charge in [-0.1, -0.05) is 0 Å². The highest BCUT2D eigenvalue weighted by Crippen LogP contribution is 2.10. The van der Waals surface area contributed by atoms with E-state index in [0.717, 1.165) is 26.0 Å². The molecule has 1 atom stereocenters. The van der Waals surface area contributed by atoms with Crippen LogP contribution in [0.25, 0.3) is 0 Å². The molecule has 1 amide bonds. The molecule has 100 valence electrons. The van der Waals surface area contributed by atoms with Crippen LogP contribution in [-0.4, -0.2) is 48.7 Å². The number of hydrogen-bond donors (Lipinski definition) is 1. The smallest absolute Gasteiger partial charge is 0.236 e. The van der Waals surface area contributed by atoms with E-state index >= 15 is 0 Å². The second-order valence-corrected chi connectivity index (χ2v) is 5.25. The van der Waals surface area contributed by atoms with Gasteiger partial charge in [0.15, 0.2) is 0 Å². The Bertz CT molecular complexity index is 228. The van der Waals surface area contributed by atoms with Crippen molar-refractivity contribution in [3.8, 4) is 0 Å². The van der Waals surface area contributed by atoms with Crippen LogP contribution in [0.2, 0.25) is 0 Å². The molecule has 1 aliphatic rings. The van der Waals surface area contributed by atoms with E-state index in [9.17, 15) is 4.79 Å². The normalized spacial score (nSPS) is 20.2. The lowest BCUT2D eigenvalue weighted by Crippen LogP contribution is -2.47. The van der Waals surface area contributed by atoms with E-state index in [0.29, 0.717) is 12.6 Å². The van der Waals surface area contributed by atoms with E-state index in [1.54, 1.807) is 0 Å². The van der Waals surface area contributed by atoms with Crippen LogP contribution in [0, 0.1) is 0 Å². The minimum Gasteiger partial charge on any atom is -0.377 e. The van der Waals surface area contributed by atoms with Crippen molar-refractivity contribution in [2.75, 3.05) is 19.7 Å². The highest BCUT2D eigenvalue weighted by Gasteiger charge is 2.20. The molecule has 1 fully saturated rings. The summed E-state index contributed by atoms with van der Waals surface area (Å²) in [6.45, 7) is 10.3. The van der Waals surface area contributed by atoms with E-state index < -0.39 is 0 Å². The molecule has 1 N–H and O–H groups in total. The van der Waals surface area contributed by atoms with Crippen LogP contribution >= 0.6 is 0 Å². The van der Waals surface area contributed by atoms with Crippen LogP contribution in [0.3, 0.4) is 0 Å². The molecule has 0 aliphatic carbocycles. The van der Waals surface area contributed by atoms with Gasteiger partial charge in [-0.2, -0.15) is 0 Å². The third kappa shape index (κ3) is 4.64. The molecule has 1 heterocycles. The predicted octanol–water partition coefficient (Wildman–Crippen LogP) is 1.40. The summed E-state index contributed by atoms with van der Waals surface area (Å²) in [6.07, 6.45) is 2.55. The maximum atomic E-state index is 12.0. The average Bonchev–Trinajstić information content (AvgIpc) is 2.69. The zero-order chi connectivity index (χ0) is 12.8. The zero-order valence-corrected chi connectivity index (χ0v) is 11.5. The highest BCUT2D eigenvalue weighted by molar-refractivity contribution is 5.78. The number of nitrogens with zero attached hydrogens (tertiary/aromatic N) is 1. The van der Waals surface area contributed by atoms with Gasteiger partial charge in [0.2, 0.25) is 5.91 Å². The van der Waals surface area contributed by atoms with E-state index in [2.05, 4.69) is 33.0 Å². The number of hydrogen-bond acceptors (Lipinski definition) is 3. The van der Waals surface area contributed by atoms with Crippen LogP contribution < -0.4 is 5.32 Å². The van der Waals surface area contributed by atoms with Crippen LogP contribution in [0.4, 0.5) is 0 Å². The molecule has 0 aromatic heterocycles. The van der Waals surface area contributed by atoms with Gasteiger partial charge in [-0.25, -0.2) is 0 Å². The van der Waals surface area contributed by atoms with E-state index in [-0.39, 0.29) is 18.0 Å². The zero-order valence-electron chi connectivity index (χ0n) is 11.5. The van der Waals surface area contributed by atoms with E-state index in [4.69, 9.17) is 4.74 Å². The SMILES string of the molecule is CC(C)N(C(=O)CNC[C@H]1CCCO1)C(C)C. The lowest BCUT2D eigenvalue weighted by Gasteiger charge is -2.31. The van der Waals surface area contributed by atoms with Crippen LogP contribution in [0.1, 0.15) is 40.5 Å². The van der Waals surface area contributed by atoms with Gasteiger partial charge in [-0.15, -0.1) is 0 Å². The molecule has 4 nitrogen and oxygen atoms in total. The van der Waals surface area contributed by atoms with Crippen molar-refractivity contribution in [1.82, 2.24) is 10.2 Å². The molecule has 0 radical (unpaired) electrons. The fraction of sp³-hybridized carbons (Fsp3) is 0.923. The van der Waals surface area contributed by atoms with Gasteiger partial charge >= 0.3 is 0 Å². The summed E-state index contributed by atoms with van der Waals surface area (Å²) in [5.41, 5.74) is 0. The Morgan fingerprint density at radius 1 is 1.35 bits per heavy atom. The van der Waals surface area contributed by atoms with Crippen molar-refractivity contribution in [2.24, 2.45) is 0 Å². The number of carbonyl (C=O) groups is 1. The number of amides is 1. The number of carbonyl (C=O) groups excluding carboxylic acids is 1. The first-order valence-electron chi connectivity index (χ1n) is 6.66. The lowest BCUT2D eigenvalue weighted by atomic mass is 10.2. The molecule has 17 heavy (non-hydrogen) atoms. The lowest BCUT2D eigenvalue weighted by molar-refractivity contribution is -0.133. The average molecular weight is 242 g/mol. The molecule has 0 saturated carbocycles. The first-order chi connectivity index (χ1) is 8.02. The third-order valence-corrected chi connectivity index (χ3v) is 3.07. The maximum absolute atomic E-state index is 12.0. The highest BCUT2D eigenvalue weighted by atomic mass is 16.5. The van der Waals surface area contributed by atoms with Crippen molar-refractivity contribution in [3.05, 3.63) is 0 Å². The molecule has 0 spiro atoms. The minimum atomic E-state index is 0.174. The fourth-order valence-electron chi connectivity index (χ4n) is 2.41. The maximum Gasteiger partial charge on any atom is 0.236 e. The van der Waals surface area contributed by atoms with Gasteiger partial charge in [0.1, 0.15) is 0 Å². The summed E-state index contributed by atoms with van der Waals surface area (Å²) in [7, 11) is 0. The summed E-state index contributed by atoms with van der Waals surface area (Å²) < 4.78 is 5.50. The summed E-state index contributed by atoms with van der Waals surface area (Å²) in [5, 5.41) is 3.20. The minimum absolute atomic E-state index is 0.174. The van der Waals surface area contributed by atoms with Crippen molar-refractivity contribution < 1.29 is 9.53 Å². The first-order valence-corrected chi connectivity index (χ1v) is 6.66. The van der Waals surface area contributed by atoms with Gasteiger partial charge in [0, 0.05) is 25.2 Å². The number of ether oxygens (including phenoxy) is 1. The van der Waals surface area contributed by atoms with Crippen LogP contribution in [0.5, 0.6) is 0 Å². The van der Waals surface area contributed by atoms with Gasteiger partial charge in [0.05, 0.1) is 12.6 Å². The number of nitrogens with one attached hydrogen (secondary N) is 1. The van der Waals surface area contributed by atoms with Gasteiger partial charge in [-0.3, -0.25) is 4.79 Å². The molecular weight excluding hydrogens is 216 g/mol.